The molecule has 6 nitrogen and oxygen atoms in total. The van der Waals surface area contributed by atoms with Gasteiger partial charge in [-0.1, -0.05) is 0 Å². The number of nitrogens with one attached hydrogen (secondary N) is 1. The van der Waals surface area contributed by atoms with Crippen LogP contribution in [0.5, 0.6) is 5.75 Å². The fraction of sp³-hybridized carbons (Fsp3) is 0.467. The van der Waals surface area contributed by atoms with Gasteiger partial charge in [-0.2, -0.15) is 0 Å². The van der Waals surface area contributed by atoms with Crippen LogP contribution in [0, 0.1) is 0 Å². The first-order valence-corrected chi connectivity index (χ1v) is 6.79. The van der Waals surface area contributed by atoms with Gasteiger partial charge in [0.2, 0.25) is 0 Å². The van der Waals surface area contributed by atoms with Gasteiger partial charge >= 0.3 is 0 Å². The Kier molecular flexibility index (Phi) is 6.68. The summed E-state index contributed by atoms with van der Waals surface area (Å²) in [5.41, 5.74) is 0.651. The van der Waals surface area contributed by atoms with Crippen molar-refractivity contribution in [3.8, 4) is 5.75 Å². The van der Waals surface area contributed by atoms with Crippen molar-refractivity contribution in [2.24, 2.45) is 0 Å². The number of hydrogen-bond donors (Lipinski definition) is 1. The predicted molar refractivity (Wildman–Crippen MR) is 80.3 cm³/mol. The van der Waals surface area contributed by atoms with E-state index in [0.717, 1.165) is 0 Å². The third-order valence-electron chi connectivity index (χ3n) is 2.77. The summed E-state index contributed by atoms with van der Waals surface area (Å²) >= 11 is 0. The van der Waals surface area contributed by atoms with Crippen molar-refractivity contribution in [2.75, 3.05) is 32.6 Å². The number of ether oxygens (including phenoxy) is 2. The smallest absolute Gasteiger partial charge is 0.259 e. The molecule has 0 saturated carbocycles. The minimum absolute atomic E-state index is 0.0138. The van der Waals surface area contributed by atoms with Crippen molar-refractivity contribution in [1.29, 1.82) is 0 Å². The standard InChI is InChI=1S/C15H22N2O4/c1-5-20-11(2)15(19)16-12-6-8-13(9-7-12)21-10-14(18)17(3)4/h6-9,11H,5,10H2,1-4H3,(H,16,19)/t11-/m1/s1. The van der Waals surface area contributed by atoms with Gasteiger partial charge in [-0.25, -0.2) is 0 Å². The maximum atomic E-state index is 11.8. The summed E-state index contributed by atoms with van der Waals surface area (Å²) in [5.74, 6) is 0.257. The molecule has 0 bridgehead atoms. The van der Waals surface area contributed by atoms with E-state index >= 15 is 0 Å². The van der Waals surface area contributed by atoms with E-state index in [0.29, 0.717) is 18.0 Å². The molecule has 0 fully saturated rings. The third kappa shape index (κ3) is 5.83. The lowest BCUT2D eigenvalue weighted by atomic mass is 10.3. The van der Waals surface area contributed by atoms with Crippen LogP contribution in [0.4, 0.5) is 5.69 Å². The van der Waals surface area contributed by atoms with Crippen molar-refractivity contribution < 1.29 is 19.1 Å². The molecule has 1 rings (SSSR count). The highest BCUT2D eigenvalue weighted by molar-refractivity contribution is 5.93. The number of rotatable bonds is 7. The van der Waals surface area contributed by atoms with E-state index in [2.05, 4.69) is 5.32 Å². The summed E-state index contributed by atoms with van der Waals surface area (Å²) < 4.78 is 10.6. The summed E-state index contributed by atoms with van der Waals surface area (Å²) in [4.78, 5) is 24.6. The Morgan fingerprint density at radius 1 is 1.24 bits per heavy atom. The number of benzene rings is 1. The highest BCUT2D eigenvalue weighted by Crippen LogP contribution is 2.16. The summed E-state index contributed by atoms with van der Waals surface area (Å²) in [6.45, 7) is 4.01. The second-order valence-corrected chi connectivity index (χ2v) is 4.69. The Bertz CT molecular complexity index is 471. The molecule has 0 unspecified atom stereocenters. The number of hydrogen-bond acceptors (Lipinski definition) is 4. The van der Waals surface area contributed by atoms with Crippen LogP contribution in [0.1, 0.15) is 13.8 Å². The zero-order valence-corrected chi connectivity index (χ0v) is 12.9. The molecule has 0 aliphatic carbocycles. The SMILES string of the molecule is CCO[C@H](C)C(=O)Nc1ccc(OCC(=O)N(C)C)cc1. The molecule has 2 amide bonds. The van der Waals surface area contributed by atoms with Crippen LogP contribution in [0.2, 0.25) is 0 Å². The predicted octanol–water partition coefficient (Wildman–Crippen LogP) is 1.52. The zero-order valence-electron chi connectivity index (χ0n) is 12.9. The van der Waals surface area contributed by atoms with Crippen LogP contribution < -0.4 is 10.1 Å². The number of carbonyl (C=O) groups is 2. The molecular formula is C15H22N2O4. The van der Waals surface area contributed by atoms with E-state index in [4.69, 9.17) is 9.47 Å². The van der Waals surface area contributed by atoms with E-state index in [1.165, 1.54) is 4.90 Å². The maximum Gasteiger partial charge on any atom is 0.259 e. The normalized spacial score (nSPS) is 11.6. The van der Waals surface area contributed by atoms with E-state index in [1.807, 2.05) is 6.92 Å². The van der Waals surface area contributed by atoms with Gasteiger partial charge in [0.15, 0.2) is 6.61 Å². The van der Waals surface area contributed by atoms with Gasteiger partial charge in [-0.3, -0.25) is 9.59 Å². The maximum absolute atomic E-state index is 11.8. The highest BCUT2D eigenvalue weighted by Gasteiger charge is 2.12. The second kappa shape index (κ2) is 8.26. The minimum atomic E-state index is -0.497. The molecule has 0 spiro atoms. The van der Waals surface area contributed by atoms with Crippen molar-refractivity contribution in [2.45, 2.75) is 20.0 Å². The molecule has 1 atom stereocenters. The Balaban J connectivity index is 2.50. The molecule has 0 heterocycles. The van der Waals surface area contributed by atoms with Crippen molar-refractivity contribution in [3.05, 3.63) is 24.3 Å². The number of carbonyl (C=O) groups excluding carboxylic acids is 2. The number of nitrogens with zero attached hydrogens (tertiary/aromatic N) is 1. The molecule has 0 saturated heterocycles. The molecule has 1 aromatic carbocycles. The Morgan fingerprint density at radius 3 is 2.38 bits per heavy atom. The number of amides is 2. The first-order chi connectivity index (χ1) is 9.93. The van der Waals surface area contributed by atoms with E-state index in [1.54, 1.807) is 45.3 Å². The first-order valence-electron chi connectivity index (χ1n) is 6.79. The van der Waals surface area contributed by atoms with E-state index in [9.17, 15) is 9.59 Å². The summed E-state index contributed by atoms with van der Waals surface area (Å²) in [6.07, 6.45) is -0.497. The lowest BCUT2D eigenvalue weighted by molar-refractivity contribution is -0.130. The van der Waals surface area contributed by atoms with Crippen molar-refractivity contribution >= 4 is 17.5 Å². The van der Waals surface area contributed by atoms with Gasteiger partial charge in [0.05, 0.1) is 0 Å². The first kappa shape index (κ1) is 17.0. The van der Waals surface area contributed by atoms with Gasteiger partial charge in [0.1, 0.15) is 11.9 Å². The van der Waals surface area contributed by atoms with Gasteiger partial charge < -0.3 is 19.7 Å². The minimum Gasteiger partial charge on any atom is -0.484 e. The molecule has 21 heavy (non-hydrogen) atoms. The largest absolute Gasteiger partial charge is 0.484 e. The molecule has 0 aliphatic heterocycles. The molecule has 1 N–H and O–H groups in total. The monoisotopic (exact) mass is 294 g/mol. The number of likely N-dealkylation sites (N-methyl/N-ethyl adjacent to an activating group) is 1. The van der Waals surface area contributed by atoms with Crippen LogP contribution in [0.25, 0.3) is 0 Å². The lowest BCUT2D eigenvalue weighted by Gasteiger charge is -2.13. The van der Waals surface area contributed by atoms with Gasteiger partial charge in [0, 0.05) is 26.4 Å². The fourth-order valence-corrected chi connectivity index (χ4v) is 1.48. The van der Waals surface area contributed by atoms with E-state index in [-0.39, 0.29) is 18.4 Å². The summed E-state index contributed by atoms with van der Waals surface area (Å²) in [5, 5.41) is 2.74. The van der Waals surface area contributed by atoms with Crippen LogP contribution in [-0.4, -0.2) is 50.1 Å². The van der Waals surface area contributed by atoms with Crippen LogP contribution in [0.15, 0.2) is 24.3 Å². The summed E-state index contributed by atoms with van der Waals surface area (Å²) in [6, 6.07) is 6.83. The fourth-order valence-electron chi connectivity index (χ4n) is 1.48. The molecule has 0 aliphatic rings. The van der Waals surface area contributed by atoms with Crippen LogP contribution in [0.3, 0.4) is 0 Å². The second-order valence-electron chi connectivity index (χ2n) is 4.69. The zero-order chi connectivity index (χ0) is 15.8. The molecule has 0 radical (unpaired) electrons. The molecule has 6 heteroatoms. The topological polar surface area (TPSA) is 67.9 Å². The molecule has 1 aromatic rings. The Labute approximate surface area is 125 Å². The quantitative estimate of drug-likeness (QED) is 0.828. The van der Waals surface area contributed by atoms with Crippen LogP contribution in [-0.2, 0) is 14.3 Å². The lowest BCUT2D eigenvalue weighted by Crippen LogP contribution is -2.28. The Morgan fingerprint density at radius 2 is 1.86 bits per heavy atom. The third-order valence-corrected chi connectivity index (χ3v) is 2.77. The van der Waals surface area contributed by atoms with Gasteiger partial charge in [0.25, 0.3) is 11.8 Å². The molecule has 0 aromatic heterocycles. The Hall–Kier alpha value is -2.08. The molecular weight excluding hydrogens is 272 g/mol. The van der Waals surface area contributed by atoms with Crippen molar-refractivity contribution in [1.82, 2.24) is 4.90 Å². The van der Waals surface area contributed by atoms with Crippen molar-refractivity contribution in [3.63, 3.8) is 0 Å². The molecule has 116 valence electrons. The number of anilines is 1. The van der Waals surface area contributed by atoms with Gasteiger partial charge in [-0.15, -0.1) is 0 Å². The van der Waals surface area contributed by atoms with Crippen LogP contribution >= 0.6 is 0 Å². The van der Waals surface area contributed by atoms with Gasteiger partial charge in [-0.05, 0) is 38.1 Å². The summed E-state index contributed by atoms with van der Waals surface area (Å²) in [7, 11) is 3.34. The van der Waals surface area contributed by atoms with E-state index < -0.39 is 6.10 Å². The average molecular weight is 294 g/mol. The average Bonchev–Trinajstić information content (AvgIpc) is 2.46. The highest BCUT2D eigenvalue weighted by atomic mass is 16.5.